The van der Waals surface area contributed by atoms with Crippen molar-refractivity contribution in [3.63, 3.8) is 0 Å². The summed E-state index contributed by atoms with van der Waals surface area (Å²) < 4.78 is 10.8. The van der Waals surface area contributed by atoms with Crippen molar-refractivity contribution in [3.05, 3.63) is 65.2 Å². The number of benzene rings is 2. The number of hydrogen-bond acceptors (Lipinski definition) is 5. The number of carbonyl (C=O) groups excluding carboxylic acids is 2. The number of hydrogen-bond donors (Lipinski definition) is 1. The molecule has 0 fully saturated rings. The third-order valence-corrected chi connectivity index (χ3v) is 3.58. The number of nitrogens with one attached hydrogen (secondary N) is 1. The second kappa shape index (κ2) is 8.46. The third kappa shape index (κ3) is 7.06. The van der Waals surface area contributed by atoms with Gasteiger partial charge in [0.05, 0.1) is 11.1 Å². The van der Waals surface area contributed by atoms with E-state index in [2.05, 4.69) is 5.32 Å². The van der Waals surface area contributed by atoms with E-state index < -0.39 is 11.2 Å². The van der Waals surface area contributed by atoms with Gasteiger partial charge in [-0.3, -0.25) is 0 Å². The summed E-state index contributed by atoms with van der Waals surface area (Å²) in [5.74, 6) is -0.680. The van der Waals surface area contributed by atoms with Gasteiger partial charge in [0.25, 0.3) is 0 Å². The standard InChI is InChI=1S/C23H29NO4/c1-22(2,3)27-20(25)17-10-12-19(13-11-17)24-15-16-8-7-9-18(14-16)21(26)28-23(4,5)6/h7-14,24H,15H2,1-6H3. The average molecular weight is 383 g/mol. The zero-order chi connectivity index (χ0) is 20.9. The summed E-state index contributed by atoms with van der Waals surface area (Å²) >= 11 is 0. The fourth-order valence-electron chi connectivity index (χ4n) is 2.41. The molecule has 5 nitrogen and oxygen atoms in total. The van der Waals surface area contributed by atoms with E-state index in [4.69, 9.17) is 9.47 Å². The predicted molar refractivity (Wildman–Crippen MR) is 111 cm³/mol. The number of carbonyl (C=O) groups is 2. The molecule has 0 amide bonds. The topological polar surface area (TPSA) is 64.6 Å². The molecule has 0 bridgehead atoms. The molecule has 0 spiro atoms. The second-order valence-corrected chi connectivity index (χ2v) is 8.64. The Morgan fingerprint density at radius 3 is 1.86 bits per heavy atom. The highest BCUT2D eigenvalue weighted by Gasteiger charge is 2.18. The Bertz CT molecular complexity index is 827. The monoisotopic (exact) mass is 383 g/mol. The first-order valence-electron chi connectivity index (χ1n) is 9.32. The highest BCUT2D eigenvalue weighted by Crippen LogP contribution is 2.17. The Kier molecular flexibility index (Phi) is 6.49. The molecule has 0 radical (unpaired) electrons. The first kappa shape index (κ1) is 21.5. The van der Waals surface area contributed by atoms with Crippen LogP contribution in [0.3, 0.4) is 0 Å². The van der Waals surface area contributed by atoms with Gasteiger partial charge in [0.15, 0.2) is 0 Å². The molecule has 0 aromatic heterocycles. The van der Waals surface area contributed by atoms with Gasteiger partial charge in [-0.05, 0) is 83.5 Å². The highest BCUT2D eigenvalue weighted by atomic mass is 16.6. The number of ether oxygens (including phenoxy) is 2. The maximum absolute atomic E-state index is 12.2. The molecule has 5 heteroatoms. The van der Waals surface area contributed by atoms with E-state index in [1.54, 1.807) is 18.2 Å². The summed E-state index contributed by atoms with van der Waals surface area (Å²) in [5, 5.41) is 3.29. The van der Waals surface area contributed by atoms with Crippen LogP contribution in [0, 0.1) is 0 Å². The summed E-state index contributed by atoms with van der Waals surface area (Å²) in [7, 11) is 0. The van der Waals surface area contributed by atoms with Crippen molar-refractivity contribution >= 4 is 17.6 Å². The lowest BCUT2D eigenvalue weighted by Crippen LogP contribution is -2.24. The normalized spacial score (nSPS) is 11.6. The average Bonchev–Trinajstić information content (AvgIpc) is 2.58. The quantitative estimate of drug-likeness (QED) is 0.718. The molecule has 2 aromatic carbocycles. The number of anilines is 1. The maximum atomic E-state index is 12.2. The summed E-state index contributed by atoms with van der Waals surface area (Å²) in [6, 6.07) is 14.5. The molecule has 2 aromatic rings. The predicted octanol–water partition coefficient (Wildman–Crippen LogP) is 5.21. The molecule has 28 heavy (non-hydrogen) atoms. The Labute approximate surface area is 167 Å². The van der Waals surface area contributed by atoms with E-state index in [1.807, 2.05) is 71.9 Å². The maximum Gasteiger partial charge on any atom is 0.338 e. The lowest BCUT2D eigenvalue weighted by atomic mass is 10.1. The van der Waals surface area contributed by atoms with Crippen molar-refractivity contribution in [2.24, 2.45) is 0 Å². The second-order valence-electron chi connectivity index (χ2n) is 8.64. The Morgan fingerprint density at radius 1 is 0.786 bits per heavy atom. The van der Waals surface area contributed by atoms with E-state index in [0.717, 1.165) is 11.3 Å². The molecule has 2 rings (SSSR count). The molecule has 0 saturated carbocycles. The van der Waals surface area contributed by atoms with E-state index >= 15 is 0 Å². The van der Waals surface area contributed by atoms with Gasteiger partial charge < -0.3 is 14.8 Å². The molecule has 0 aliphatic rings. The molecule has 0 aliphatic heterocycles. The largest absolute Gasteiger partial charge is 0.456 e. The molecule has 0 heterocycles. The Hall–Kier alpha value is -2.82. The summed E-state index contributed by atoms with van der Waals surface area (Å²) in [4.78, 5) is 24.3. The van der Waals surface area contributed by atoms with Crippen LogP contribution in [-0.4, -0.2) is 23.1 Å². The van der Waals surface area contributed by atoms with Crippen LogP contribution in [0.4, 0.5) is 5.69 Å². The van der Waals surface area contributed by atoms with Crippen molar-refractivity contribution in [2.75, 3.05) is 5.32 Å². The minimum absolute atomic E-state index is 0.337. The number of rotatable bonds is 5. The molecule has 0 atom stereocenters. The zero-order valence-corrected chi connectivity index (χ0v) is 17.5. The molecule has 1 N–H and O–H groups in total. The molecular formula is C23H29NO4. The molecule has 150 valence electrons. The Morgan fingerprint density at radius 2 is 1.32 bits per heavy atom. The van der Waals surface area contributed by atoms with Crippen molar-refractivity contribution < 1.29 is 19.1 Å². The fraction of sp³-hybridized carbons (Fsp3) is 0.391. The van der Waals surface area contributed by atoms with Crippen molar-refractivity contribution in [1.82, 2.24) is 0 Å². The van der Waals surface area contributed by atoms with Crippen LogP contribution in [-0.2, 0) is 16.0 Å². The van der Waals surface area contributed by atoms with Gasteiger partial charge in [-0.1, -0.05) is 12.1 Å². The van der Waals surface area contributed by atoms with Crippen LogP contribution in [0.5, 0.6) is 0 Å². The SMILES string of the molecule is CC(C)(C)OC(=O)c1ccc(NCc2cccc(C(=O)OC(C)(C)C)c2)cc1. The van der Waals surface area contributed by atoms with Crippen LogP contribution < -0.4 is 5.32 Å². The minimum atomic E-state index is -0.527. The van der Waals surface area contributed by atoms with E-state index in [0.29, 0.717) is 17.7 Å². The lowest BCUT2D eigenvalue weighted by molar-refractivity contribution is 0.00570. The summed E-state index contributed by atoms with van der Waals surface area (Å²) in [6.45, 7) is 11.6. The molecule has 0 unspecified atom stereocenters. The fourth-order valence-corrected chi connectivity index (χ4v) is 2.41. The van der Waals surface area contributed by atoms with Crippen molar-refractivity contribution in [3.8, 4) is 0 Å². The van der Waals surface area contributed by atoms with Crippen LogP contribution >= 0.6 is 0 Å². The van der Waals surface area contributed by atoms with Gasteiger partial charge in [0, 0.05) is 12.2 Å². The number of esters is 2. The van der Waals surface area contributed by atoms with E-state index in [9.17, 15) is 9.59 Å². The Balaban J connectivity index is 1.98. The van der Waals surface area contributed by atoms with E-state index in [1.165, 1.54) is 0 Å². The first-order chi connectivity index (χ1) is 12.9. The summed E-state index contributed by atoms with van der Waals surface area (Å²) in [6.07, 6.45) is 0. The van der Waals surface area contributed by atoms with Crippen LogP contribution in [0.1, 0.15) is 67.8 Å². The molecule has 0 aliphatic carbocycles. The zero-order valence-electron chi connectivity index (χ0n) is 17.5. The molecule has 0 saturated heterocycles. The van der Waals surface area contributed by atoms with Crippen LogP contribution in [0.2, 0.25) is 0 Å². The van der Waals surface area contributed by atoms with Gasteiger partial charge in [-0.25, -0.2) is 9.59 Å². The van der Waals surface area contributed by atoms with Gasteiger partial charge in [0.1, 0.15) is 11.2 Å². The van der Waals surface area contributed by atoms with Gasteiger partial charge >= 0.3 is 11.9 Å². The van der Waals surface area contributed by atoms with Gasteiger partial charge in [0.2, 0.25) is 0 Å². The van der Waals surface area contributed by atoms with Gasteiger partial charge in [-0.15, -0.1) is 0 Å². The lowest BCUT2D eigenvalue weighted by Gasteiger charge is -2.19. The first-order valence-corrected chi connectivity index (χ1v) is 9.32. The third-order valence-electron chi connectivity index (χ3n) is 3.58. The van der Waals surface area contributed by atoms with Crippen LogP contribution in [0.25, 0.3) is 0 Å². The van der Waals surface area contributed by atoms with Crippen molar-refractivity contribution in [2.45, 2.75) is 59.3 Å². The summed E-state index contributed by atoms with van der Waals surface area (Å²) in [5.41, 5.74) is 1.81. The highest BCUT2D eigenvalue weighted by molar-refractivity contribution is 5.90. The molecular weight excluding hydrogens is 354 g/mol. The smallest absolute Gasteiger partial charge is 0.338 e. The minimum Gasteiger partial charge on any atom is -0.456 e. The van der Waals surface area contributed by atoms with Gasteiger partial charge in [-0.2, -0.15) is 0 Å². The van der Waals surface area contributed by atoms with Crippen LogP contribution in [0.15, 0.2) is 48.5 Å². The van der Waals surface area contributed by atoms with Crippen molar-refractivity contribution in [1.29, 1.82) is 0 Å². The van der Waals surface area contributed by atoms with E-state index in [-0.39, 0.29) is 11.9 Å².